The van der Waals surface area contributed by atoms with Gasteiger partial charge in [0, 0.05) is 0 Å². The molecule has 16 heavy (non-hydrogen) atoms. The van der Waals surface area contributed by atoms with Crippen LogP contribution in [-0.4, -0.2) is 104 Å². The fraction of sp³-hybridized carbons (Fsp3) is 0. The second-order valence-corrected chi connectivity index (χ2v) is 4.03. The molecule has 0 unspecified atom stereocenters. The van der Waals surface area contributed by atoms with Crippen LogP contribution in [0.2, 0.25) is 0 Å². The Hall–Kier alpha value is 1.25. The molecule has 0 aromatic rings. The fourth-order valence-corrected chi connectivity index (χ4v) is 0. The molecule has 0 atom stereocenters. The van der Waals surface area contributed by atoms with E-state index >= 15 is 0 Å². The second kappa shape index (κ2) is 10.2. The monoisotopic (exact) mass is 334 g/mol. The average molecular weight is 334 g/mol. The standard InChI is InChI=1S/K.3H2O4S.H/c;3*1-5(2,3)4;/h;3*(H2,1,2,3,4);. The molecule has 0 spiro atoms. The van der Waals surface area contributed by atoms with Gasteiger partial charge in [-0.05, 0) is 0 Å². The van der Waals surface area contributed by atoms with Gasteiger partial charge in [0.15, 0.2) is 0 Å². The summed E-state index contributed by atoms with van der Waals surface area (Å²) in [5.41, 5.74) is 0. The van der Waals surface area contributed by atoms with Crippen molar-refractivity contribution in [1.82, 2.24) is 0 Å². The molecule has 0 saturated heterocycles. The first-order valence-corrected chi connectivity index (χ1v) is 6.29. The summed E-state index contributed by atoms with van der Waals surface area (Å²) in [6.45, 7) is 0. The zero-order valence-electron chi connectivity index (χ0n) is 6.36. The summed E-state index contributed by atoms with van der Waals surface area (Å²) in [4.78, 5) is 0. The molecule has 12 nitrogen and oxygen atoms in total. The first-order chi connectivity index (χ1) is 6.00. The van der Waals surface area contributed by atoms with E-state index in [0.29, 0.717) is 0 Å². The molecule has 0 aliphatic heterocycles. The van der Waals surface area contributed by atoms with Crippen molar-refractivity contribution in [1.29, 1.82) is 0 Å². The van der Waals surface area contributed by atoms with Crippen LogP contribution in [0.15, 0.2) is 0 Å². The molecule has 0 bridgehead atoms. The molecule has 0 aliphatic carbocycles. The molecule has 0 amide bonds. The van der Waals surface area contributed by atoms with E-state index in [1.165, 1.54) is 0 Å². The van der Waals surface area contributed by atoms with Crippen LogP contribution in [0.3, 0.4) is 0 Å². The third-order valence-corrected chi connectivity index (χ3v) is 0. The van der Waals surface area contributed by atoms with Crippen LogP contribution < -0.4 is 0 Å². The van der Waals surface area contributed by atoms with Crippen LogP contribution in [0.25, 0.3) is 0 Å². The van der Waals surface area contributed by atoms with Crippen LogP contribution in [0.5, 0.6) is 0 Å². The van der Waals surface area contributed by atoms with Crippen molar-refractivity contribution >= 4 is 82.6 Å². The molecular weight excluding hydrogens is 327 g/mol. The van der Waals surface area contributed by atoms with Crippen molar-refractivity contribution in [3.05, 3.63) is 0 Å². The Kier molecular flexibility index (Phi) is 16.5. The van der Waals surface area contributed by atoms with Gasteiger partial charge < -0.3 is 0 Å². The number of hydrogen-bond donors (Lipinski definition) is 6. The van der Waals surface area contributed by atoms with E-state index in [2.05, 4.69) is 0 Å². The zero-order valence-corrected chi connectivity index (χ0v) is 8.81. The van der Waals surface area contributed by atoms with Crippen LogP contribution in [0.4, 0.5) is 0 Å². The van der Waals surface area contributed by atoms with Gasteiger partial charge in [-0.3, -0.25) is 27.3 Å². The van der Waals surface area contributed by atoms with Gasteiger partial charge >= 0.3 is 82.6 Å². The topological polar surface area (TPSA) is 224 Å². The quantitative estimate of drug-likeness (QED) is 0.198. The van der Waals surface area contributed by atoms with Crippen molar-refractivity contribution in [3.63, 3.8) is 0 Å². The molecule has 0 fully saturated rings. The van der Waals surface area contributed by atoms with Crippen LogP contribution in [-0.2, 0) is 31.2 Å². The summed E-state index contributed by atoms with van der Waals surface area (Å²) in [5.74, 6) is 0. The molecular formula is H7KO12S3. The molecule has 0 aromatic heterocycles. The van der Waals surface area contributed by atoms with E-state index in [4.69, 9.17) is 52.6 Å². The Balaban J connectivity index is -0.0000000655. The van der Waals surface area contributed by atoms with Gasteiger partial charge in [0.2, 0.25) is 0 Å². The SMILES string of the molecule is O=S(=O)(O)O.O=S(=O)(O)O.O=S(=O)(O)O.[KH]. The van der Waals surface area contributed by atoms with Crippen LogP contribution in [0, 0.1) is 0 Å². The van der Waals surface area contributed by atoms with Gasteiger partial charge in [0.25, 0.3) is 0 Å². The van der Waals surface area contributed by atoms with E-state index in [-0.39, 0.29) is 51.4 Å². The molecule has 16 heteroatoms. The Morgan fingerprint density at radius 1 is 0.438 bits per heavy atom. The predicted molar refractivity (Wildman–Crippen MR) is 49.7 cm³/mol. The van der Waals surface area contributed by atoms with Crippen LogP contribution >= 0.6 is 0 Å². The third-order valence-electron chi connectivity index (χ3n) is 0. The summed E-state index contributed by atoms with van der Waals surface area (Å²) in [6, 6.07) is 0. The van der Waals surface area contributed by atoms with Crippen molar-refractivity contribution in [2.45, 2.75) is 0 Å². The fourth-order valence-electron chi connectivity index (χ4n) is 0. The first kappa shape index (κ1) is 25.9. The number of hydrogen-bond acceptors (Lipinski definition) is 6. The van der Waals surface area contributed by atoms with Gasteiger partial charge in [-0.25, -0.2) is 0 Å². The van der Waals surface area contributed by atoms with Crippen molar-refractivity contribution in [2.24, 2.45) is 0 Å². The molecule has 98 valence electrons. The third kappa shape index (κ3) is 1990. The van der Waals surface area contributed by atoms with E-state index < -0.39 is 31.2 Å². The number of rotatable bonds is 0. The van der Waals surface area contributed by atoms with Crippen molar-refractivity contribution < 1.29 is 52.6 Å². The van der Waals surface area contributed by atoms with Gasteiger partial charge in [-0.15, -0.1) is 0 Å². The molecule has 0 rings (SSSR count). The Morgan fingerprint density at radius 3 is 0.438 bits per heavy atom. The van der Waals surface area contributed by atoms with Crippen LogP contribution in [0.1, 0.15) is 0 Å². The normalized spacial score (nSPS) is 10.9. The van der Waals surface area contributed by atoms with Crippen molar-refractivity contribution in [2.75, 3.05) is 0 Å². The maximum atomic E-state index is 8.74. The Labute approximate surface area is 133 Å². The molecule has 0 aliphatic rings. The Bertz CT molecular complexity index is 337. The van der Waals surface area contributed by atoms with Crippen molar-refractivity contribution in [3.8, 4) is 0 Å². The van der Waals surface area contributed by atoms with Gasteiger partial charge in [-0.1, -0.05) is 0 Å². The van der Waals surface area contributed by atoms with Gasteiger partial charge in [0.05, 0.1) is 0 Å². The molecule has 0 heterocycles. The summed E-state index contributed by atoms with van der Waals surface area (Å²) in [5, 5.41) is 0. The van der Waals surface area contributed by atoms with Gasteiger partial charge in [0.1, 0.15) is 0 Å². The molecule has 0 radical (unpaired) electrons. The maximum absolute atomic E-state index is 8.74. The summed E-state index contributed by atoms with van der Waals surface area (Å²) in [7, 11) is -14.0. The second-order valence-electron chi connectivity index (χ2n) is 1.34. The molecule has 6 N–H and O–H groups in total. The van der Waals surface area contributed by atoms with E-state index in [9.17, 15) is 0 Å². The van der Waals surface area contributed by atoms with E-state index in [0.717, 1.165) is 0 Å². The summed E-state index contributed by atoms with van der Waals surface area (Å²) >= 11 is 0. The van der Waals surface area contributed by atoms with E-state index in [1.54, 1.807) is 0 Å². The average Bonchev–Trinajstić information content (AvgIpc) is 1.41. The zero-order chi connectivity index (χ0) is 13.5. The minimum absolute atomic E-state index is 0. The summed E-state index contributed by atoms with van der Waals surface area (Å²) < 4.78 is 94.8. The van der Waals surface area contributed by atoms with E-state index in [1.807, 2.05) is 0 Å². The van der Waals surface area contributed by atoms with Gasteiger partial charge in [-0.2, -0.15) is 25.3 Å². The Morgan fingerprint density at radius 2 is 0.438 bits per heavy atom. The predicted octanol–water partition coefficient (Wildman–Crippen LogP) is -2.61. The first-order valence-electron chi connectivity index (χ1n) is 2.10. The minimum atomic E-state index is -4.67. The molecule has 0 saturated carbocycles. The summed E-state index contributed by atoms with van der Waals surface area (Å²) in [6.07, 6.45) is 0. The molecule has 0 aromatic carbocycles.